The van der Waals surface area contributed by atoms with Crippen LogP contribution in [0.4, 0.5) is 35.3 Å². The number of nitrogens with zero attached hydrogens (tertiary/aromatic N) is 7. The highest BCUT2D eigenvalue weighted by molar-refractivity contribution is 5.60. The Morgan fingerprint density at radius 1 is 0.743 bits per heavy atom. The van der Waals surface area contributed by atoms with Crippen LogP contribution in [0.15, 0.2) is 42.6 Å². The minimum absolute atomic E-state index is 0.0867. The molecule has 3 aromatic rings. The molecular weight excluding hydrogens is 466 g/mol. The number of rotatable bonds is 4. The summed E-state index contributed by atoms with van der Waals surface area (Å²) < 4.78 is 60.3. The number of piperazine rings is 1. The summed E-state index contributed by atoms with van der Waals surface area (Å²) in [5, 5.41) is 0. The number of benzene rings is 1. The highest BCUT2D eigenvalue weighted by atomic mass is 19.4. The highest BCUT2D eigenvalue weighted by Crippen LogP contribution is 2.35. The molecule has 0 bridgehead atoms. The van der Waals surface area contributed by atoms with Crippen LogP contribution in [0.3, 0.4) is 0 Å². The quantitative estimate of drug-likeness (QED) is 0.518. The van der Waals surface area contributed by atoms with Gasteiger partial charge in [-0.3, -0.25) is 0 Å². The summed E-state index contributed by atoms with van der Waals surface area (Å²) in [5.74, 6) is 0.453. The molecule has 0 radical (unpaired) electrons. The van der Waals surface area contributed by atoms with Gasteiger partial charge in [0, 0.05) is 45.5 Å². The minimum atomic E-state index is -4.49. The summed E-state index contributed by atoms with van der Waals surface area (Å²) in [5.41, 5.74) is -0.502. The van der Waals surface area contributed by atoms with Gasteiger partial charge in [-0.1, -0.05) is 12.1 Å². The molecular formula is C23H23F4N7O. The van der Waals surface area contributed by atoms with Gasteiger partial charge < -0.3 is 19.4 Å². The van der Waals surface area contributed by atoms with Crippen molar-refractivity contribution in [3.05, 3.63) is 54.0 Å². The highest BCUT2D eigenvalue weighted by Gasteiger charge is 2.36. The van der Waals surface area contributed by atoms with Gasteiger partial charge >= 0.3 is 6.18 Å². The molecule has 0 spiro atoms. The Labute approximate surface area is 199 Å². The Morgan fingerprint density at radius 2 is 1.37 bits per heavy atom. The third-order valence-electron chi connectivity index (χ3n) is 5.97. The predicted molar refractivity (Wildman–Crippen MR) is 122 cm³/mol. The molecule has 8 nitrogen and oxygen atoms in total. The molecule has 12 heteroatoms. The van der Waals surface area contributed by atoms with Crippen molar-refractivity contribution in [2.75, 3.05) is 67.2 Å². The summed E-state index contributed by atoms with van der Waals surface area (Å²) in [7, 11) is 0. The first-order valence-corrected chi connectivity index (χ1v) is 11.3. The lowest BCUT2D eigenvalue weighted by molar-refractivity contribution is -0.137. The van der Waals surface area contributed by atoms with Crippen molar-refractivity contribution >= 4 is 17.7 Å². The van der Waals surface area contributed by atoms with Gasteiger partial charge in [0.05, 0.1) is 24.3 Å². The van der Waals surface area contributed by atoms with Gasteiger partial charge in [0.1, 0.15) is 11.6 Å². The Morgan fingerprint density at radius 3 is 2.03 bits per heavy atom. The van der Waals surface area contributed by atoms with Crippen LogP contribution in [0, 0.1) is 5.82 Å². The van der Waals surface area contributed by atoms with E-state index in [2.05, 4.69) is 19.9 Å². The molecule has 0 N–H and O–H groups in total. The summed E-state index contributed by atoms with van der Waals surface area (Å²) >= 11 is 0. The molecule has 2 aliphatic heterocycles. The van der Waals surface area contributed by atoms with Crippen LogP contribution in [0.2, 0.25) is 0 Å². The molecule has 184 valence electrons. The number of hydrogen-bond donors (Lipinski definition) is 0. The number of halogens is 4. The van der Waals surface area contributed by atoms with Gasteiger partial charge in [-0.25, -0.2) is 9.37 Å². The second-order valence-corrected chi connectivity index (χ2v) is 8.18. The first-order valence-electron chi connectivity index (χ1n) is 11.3. The van der Waals surface area contributed by atoms with Crippen LogP contribution < -0.4 is 14.7 Å². The number of hydrogen-bond acceptors (Lipinski definition) is 8. The number of alkyl halides is 3. The lowest BCUT2D eigenvalue weighted by atomic mass is 10.2. The second-order valence-electron chi connectivity index (χ2n) is 8.18. The molecule has 35 heavy (non-hydrogen) atoms. The predicted octanol–water partition coefficient (Wildman–Crippen LogP) is 3.25. The Kier molecular flexibility index (Phi) is 6.37. The van der Waals surface area contributed by atoms with Gasteiger partial charge in [0.25, 0.3) is 0 Å². The Bertz CT molecular complexity index is 1180. The van der Waals surface area contributed by atoms with E-state index in [1.807, 2.05) is 9.80 Å². The molecule has 0 unspecified atom stereocenters. The van der Waals surface area contributed by atoms with E-state index in [-0.39, 0.29) is 17.2 Å². The van der Waals surface area contributed by atoms with E-state index >= 15 is 0 Å². The third kappa shape index (κ3) is 4.97. The standard InChI is InChI=1S/C23H23F4N7O/c24-18-6-2-1-4-16(18)19-29-21(31-22(30-19)34-12-14-35-15-13-34)33-10-8-32(9-11-33)20-17(23(25,26)27)5-3-7-28-20/h1-7H,8-15H2. The maximum atomic E-state index is 14.5. The van der Waals surface area contributed by atoms with E-state index in [4.69, 9.17) is 4.74 Å². The number of aromatic nitrogens is 4. The average Bonchev–Trinajstić information content (AvgIpc) is 2.89. The Hall–Kier alpha value is -3.54. The maximum Gasteiger partial charge on any atom is 0.419 e. The summed E-state index contributed by atoms with van der Waals surface area (Å²) in [4.78, 5) is 23.1. The number of ether oxygens (including phenoxy) is 1. The molecule has 4 heterocycles. The molecule has 0 atom stereocenters. The molecule has 0 saturated carbocycles. The molecule has 1 aromatic carbocycles. The smallest absolute Gasteiger partial charge is 0.378 e. The van der Waals surface area contributed by atoms with E-state index in [1.165, 1.54) is 18.3 Å². The van der Waals surface area contributed by atoms with E-state index < -0.39 is 17.6 Å². The monoisotopic (exact) mass is 489 g/mol. The van der Waals surface area contributed by atoms with E-state index in [0.29, 0.717) is 64.4 Å². The van der Waals surface area contributed by atoms with Gasteiger partial charge in [0.2, 0.25) is 11.9 Å². The van der Waals surface area contributed by atoms with Crippen molar-refractivity contribution < 1.29 is 22.3 Å². The van der Waals surface area contributed by atoms with Crippen molar-refractivity contribution in [3.63, 3.8) is 0 Å². The number of anilines is 3. The lowest BCUT2D eigenvalue weighted by Crippen LogP contribution is -2.48. The fourth-order valence-corrected chi connectivity index (χ4v) is 4.15. The fourth-order valence-electron chi connectivity index (χ4n) is 4.15. The zero-order chi connectivity index (χ0) is 24.4. The SMILES string of the molecule is Fc1ccccc1-c1nc(N2CCOCC2)nc(N2CCN(c3ncccc3C(F)(F)F)CC2)n1. The van der Waals surface area contributed by atoms with Gasteiger partial charge in [-0.15, -0.1) is 0 Å². The second kappa shape index (κ2) is 9.61. The van der Waals surface area contributed by atoms with Crippen molar-refractivity contribution in [1.29, 1.82) is 0 Å². The fraction of sp³-hybridized carbons (Fsp3) is 0.391. The largest absolute Gasteiger partial charge is 0.419 e. The molecule has 2 fully saturated rings. The van der Waals surface area contributed by atoms with E-state index in [0.717, 1.165) is 6.07 Å². The third-order valence-corrected chi connectivity index (χ3v) is 5.97. The van der Waals surface area contributed by atoms with Crippen LogP contribution in [0.5, 0.6) is 0 Å². The van der Waals surface area contributed by atoms with Crippen LogP contribution in [-0.4, -0.2) is 72.4 Å². The first-order chi connectivity index (χ1) is 16.9. The van der Waals surface area contributed by atoms with Crippen molar-refractivity contribution in [1.82, 2.24) is 19.9 Å². The van der Waals surface area contributed by atoms with Crippen molar-refractivity contribution in [3.8, 4) is 11.4 Å². The maximum absolute atomic E-state index is 14.5. The van der Waals surface area contributed by atoms with Crippen LogP contribution in [0.25, 0.3) is 11.4 Å². The first kappa shape index (κ1) is 23.2. The minimum Gasteiger partial charge on any atom is -0.378 e. The molecule has 5 rings (SSSR count). The molecule has 2 aromatic heterocycles. The lowest BCUT2D eigenvalue weighted by Gasteiger charge is -2.36. The van der Waals surface area contributed by atoms with Gasteiger partial charge in [-0.05, 0) is 24.3 Å². The van der Waals surface area contributed by atoms with Crippen molar-refractivity contribution in [2.45, 2.75) is 6.18 Å². The van der Waals surface area contributed by atoms with Gasteiger partial charge in [-0.2, -0.15) is 28.1 Å². The van der Waals surface area contributed by atoms with Crippen LogP contribution >= 0.6 is 0 Å². The van der Waals surface area contributed by atoms with Gasteiger partial charge in [0.15, 0.2) is 5.82 Å². The molecule has 2 saturated heterocycles. The van der Waals surface area contributed by atoms with E-state index in [9.17, 15) is 17.6 Å². The summed E-state index contributed by atoms with van der Waals surface area (Å²) in [6, 6.07) is 8.57. The number of morpholine rings is 1. The zero-order valence-corrected chi connectivity index (χ0v) is 18.7. The van der Waals surface area contributed by atoms with E-state index in [1.54, 1.807) is 23.1 Å². The molecule has 2 aliphatic rings. The average molecular weight is 489 g/mol. The normalized spacial score (nSPS) is 17.1. The summed E-state index contributed by atoms with van der Waals surface area (Å²) in [6.07, 6.45) is -3.13. The molecule has 0 amide bonds. The van der Waals surface area contributed by atoms with Crippen LogP contribution in [0.1, 0.15) is 5.56 Å². The Balaban J connectivity index is 1.42. The number of pyridine rings is 1. The van der Waals surface area contributed by atoms with Crippen LogP contribution in [-0.2, 0) is 10.9 Å². The zero-order valence-electron chi connectivity index (χ0n) is 18.7. The summed E-state index contributed by atoms with van der Waals surface area (Å²) in [6.45, 7) is 3.58. The van der Waals surface area contributed by atoms with Crippen molar-refractivity contribution in [2.24, 2.45) is 0 Å². The topological polar surface area (TPSA) is 70.5 Å². The molecule has 0 aliphatic carbocycles.